The Bertz CT molecular complexity index is 604. The highest BCUT2D eigenvalue weighted by Crippen LogP contribution is 2.16. The van der Waals surface area contributed by atoms with Crippen molar-refractivity contribution in [2.45, 2.75) is 6.54 Å². The van der Waals surface area contributed by atoms with Crippen molar-refractivity contribution in [2.75, 3.05) is 12.4 Å². The van der Waals surface area contributed by atoms with E-state index in [1.165, 1.54) is 12.1 Å². The van der Waals surface area contributed by atoms with Gasteiger partial charge in [0.15, 0.2) is 5.11 Å². The first-order valence-corrected chi connectivity index (χ1v) is 6.51. The van der Waals surface area contributed by atoms with Gasteiger partial charge in [-0.05, 0) is 42.0 Å². The summed E-state index contributed by atoms with van der Waals surface area (Å²) < 4.78 is 18.2. The molecule has 0 spiro atoms. The Balaban J connectivity index is 1.89. The molecule has 0 aromatic heterocycles. The van der Waals surface area contributed by atoms with E-state index in [-0.39, 0.29) is 5.82 Å². The van der Waals surface area contributed by atoms with Crippen molar-refractivity contribution in [3.63, 3.8) is 0 Å². The smallest absolute Gasteiger partial charge is 0.171 e. The minimum atomic E-state index is -0.254. The van der Waals surface area contributed by atoms with E-state index in [0.29, 0.717) is 11.7 Å². The fourth-order valence-corrected chi connectivity index (χ4v) is 1.90. The second-order valence-electron chi connectivity index (χ2n) is 4.17. The molecule has 0 aliphatic carbocycles. The van der Waals surface area contributed by atoms with Gasteiger partial charge in [-0.1, -0.05) is 18.2 Å². The number of anilines is 1. The van der Waals surface area contributed by atoms with Crippen LogP contribution in [0.2, 0.25) is 0 Å². The third-order valence-electron chi connectivity index (χ3n) is 2.67. The predicted octanol–water partition coefficient (Wildman–Crippen LogP) is 3.32. The van der Waals surface area contributed by atoms with Crippen molar-refractivity contribution in [3.8, 4) is 5.75 Å². The van der Waals surface area contributed by atoms with Crippen molar-refractivity contribution < 1.29 is 9.13 Å². The van der Waals surface area contributed by atoms with E-state index in [9.17, 15) is 4.39 Å². The maximum absolute atomic E-state index is 13.0. The van der Waals surface area contributed by atoms with Gasteiger partial charge in [0, 0.05) is 18.3 Å². The van der Waals surface area contributed by atoms with Crippen LogP contribution in [-0.4, -0.2) is 12.2 Å². The monoisotopic (exact) mass is 290 g/mol. The summed E-state index contributed by atoms with van der Waals surface area (Å²) in [7, 11) is 1.61. The van der Waals surface area contributed by atoms with Gasteiger partial charge in [0.05, 0.1) is 7.11 Å². The summed E-state index contributed by atoms with van der Waals surface area (Å²) in [6.45, 7) is 0.466. The van der Waals surface area contributed by atoms with Crippen LogP contribution in [0.25, 0.3) is 0 Å². The highest BCUT2D eigenvalue weighted by molar-refractivity contribution is 7.80. The summed E-state index contributed by atoms with van der Waals surface area (Å²) >= 11 is 5.19. The van der Waals surface area contributed by atoms with Crippen LogP contribution in [0.4, 0.5) is 10.1 Å². The third-order valence-corrected chi connectivity index (χ3v) is 2.92. The molecule has 0 bridgehead atoms. The Morgan fingerprint density at radius 3 is 2.75 bits per heavy atom. The van der Waals surface area contributed by atoms with E-state index in [0.717, 1.165) is 17.0 Å². The van der Waals surface area contributed by atoms with Gasteiger partial charge in [-0.3, -0.25) is 0 Å². The Morgan fingerprint density at radius 2 is 2.00 bits per heavy atom. The van der Waals surface area contributed by atoms with Gasteiger partial charge in [0.25, 0.3) is 0 Å². The van der Waals surface area contributed by atoms with E-state index < -0.39 is 0 Å². The highest BCUT2D eigenvalue weighted by Gasteiger charge is 2.00. The van der Waals surface area contributed by atoms with Gasteiger partial charge in [-0.25, -0.2) is 4.39 Å². The van der Waals surface area contributed by atoms with Crippen LogP contribution in [0.15, 0.2) is 48.5 Å². The van der Waals surface area contributed by atoms with Crippen molar-refractivity contribution in [1.82, 2.24) is 5.32 Å². The number of benzene rings is 2. The summed E-state index contributed by atoms with van der Waals surface area (Å²) in [6.07, 6.45) is 0. The molecule has 0 aliphatic rings. The van der Waals surface area contributed by atoms with Crippen molar-refractivity contribution in [1.29, 1.82) is 0 Å². The number of nitrogens with one attached hydrogen (secondary N) is 2. The molecule has 2 rings (SSSR count). The lowest BCUT2D eigenvalue weighted by atomic mass is 10.2. The molecule has 20 heavy (non-hydrogen) atoms. The third kappa shape index (κ3) is 4.20. The van der Waals surface area contributed by atoms with Crippen LogP contribution >= 0.6 is 12.2 Å². The molecule has 0 radical (unpaired) electrons. The molecular weight excluding hydrogens is 275 g/mol. The molecule has 2 aromatic carbocycles. The molecule has 3 nitrogen and oxygen atoms in total. The second kappa shape index (κ2) is 6.86. The number of thiocarbonyl (C=S) groups is 1. The lowest BCUT2D eigenvalue weighted by Crippen LogP contribution is -2.27. The van der Waals surface area contributed by atoms with Gasteiger partial charge in [-0.15, -0.1) is 0 Å². The van der Waals surface area contributed by atoms with Crippen molar-refractivity contribution in [2.24, 2.45) is 0 Å². The molecule has 104 valence electrons. The molecule has 0 fully saturated rings. The Morgan fingerprint density at radius 1 is 1.20 bits per heavy atom. The number of hydrogen-bond acceptors (Lipinski definition) is 2. The summed E-state index contributed by atoms with van der Waals surface area (Å²) in [5.74, 6) is 0.499. The van der Waals surface area contributed by atoms with Gasteiger partial charge < -0.3 is 15.4 Å². The van der Waals surface area contributed by atoms with Crippen molar-refractivity contribution in [3.05, 3.63) is 59.9 Å². The molecule has 0 unspecified atom stereocenters. The molecule has 0 atom stereocenters. The summed E-state index contributed by atoms with van der Waals surface area (Å²) in [4.78, 5) is 0. The molecule has 0 amide bonds. The lowest BCUT2D eigenvalue weighted by molar-refractivity contribution is 0.415. The van der Waals surface area contributed by atoms with Crippen molar-refractivity contribution >= 4 is 23.0 Å². The standard InChI is InChI=1S/C15H15FN2OS/c1-19-14-7-3-6-13(9-14)18-15(20)17-10-11-4-2-5-12(16)8-11/h2-9H,10H2,1H3,(H2,17,18,20). The molecule has 0 aliphatic heterocycles. The molecule has 0 saturated carbocycles. The first-order valence-electron chi connectivity index (χ1n) is 6.11. The maximum atomic E-state index is 13.0. The molecule has 2 aromatic rings. The van der Waals surface area contributed by atoms with E-state index in [1.54, 1.807) is 13.2 Å². The first-order chi connectivity index (χ1) is 9.67. The number of methoxy groups -OCH3 is 1. The van der Waals surface area contributed by atoms with Gasteiger partial charge in [0.2, 0.25) is 0 Å². The highest BCUT2D eigenvalue weighted by atomic mass is 32.1. The first kappa shape index (κ1) is 14.3. The summed E-state index contributed by atoms with van der Waals surface area (Å²) in [5.41, 5.74) is 1.67. The molecule has 2 N–H and O–H groups in total. The molecular formula is C15H15FN2OS. The minimum Gasteiger partial charge on any atom is -0.497 e. The number of hydrogen-bond donors (Lipinski definition) is 2. The fraction of sp³-hybridized carbons (Fsp3) is 0.133. The Kier molecular flexibility index (Phi) is 4.90. The zero-order chi connectivity index (χ0) is 14.4. The lowest BCUT2D eigenvalue weighted by Gasteiger charge is -2.11. The SMILES string of the molecule is COc1cccc(NC(=S)NCc2cccc(F)c2)c1. The van der Waals surface area contributed by atoms with Gasteiger partial charge in [-0.2, -0.15) is 0 Å². The number of halogens is 1. The van der Waals surface area contributed by atoms with Crippen LogP contribution in [0.3, 0.4) is 0 Å². The Hall–Kier alpha value is -2.14. The predicted molar refractivity (Wildman–Crippen MR) is 82.5 cm³/mol. The molecule has 0 heterocycles. The average molecular weight is 290 g/mol. The largest absolute Gasteiger partial charge is 0.497 e. The fourth-order valence-electron chi connectivity index (χ4n) is 1.71. The maximum Gasteiger partial charge on any atom is 0.171 e. The molecule has 5 heteroatoms. The Labute approximate surface area is 122 Å². The molecule has 0 saturated heterocycles. The van der Waals surface area contributed by atoms with Gasteiger partial charge in [0.1, 0.15) is 11.6 Å². The number of rotatable bonds is 4. The van der Waals surface area contributed by atoms with E-state index in [4.69, 9.17) is 17.0 Å². The van der Waals surface area contributed by atoms with Crippen LogP contribution < -0.4 is 15.4 Å². The normalized spacial score (nSPS) is 9.90. The van der Waals surface area contributed by atoms with E-state index >= 15 is 0 Å². The van der Waals surface area contributed by atoms with Gasteiger partial charge >= 0.3 is 0 Å². The average Bonchev–Trinajstić information content (AvgIpc) is 2.45. The number of ether oxygens (including phenoxy) is 1. The summed E-state index contributed by atoms with van der Waals surface area (Å²) in [6, 6.07) is 13.9. The zero-order valence-corrected chi connectivity index (χ0v) is 11.8. The van der Waals surface area contributed by atoms with E-state index in [1.807, 2.05) is 30.3 Å². The van der Waals surface area contributed by atoms with E-state index in [2.05, 4.69) is 10.6 Å². The topological polar surface area (TPSA) is 33.3 Å². The zero-order valence-electron chi connectivity index (χ0n) is 11.0. The second-order valence-corrected chi connectivity index (χ2v) is 4.58. The van der Waals surface area contributed by atoms with Crippen LogP contribution in [0.5, 0.6) is 5.75 Å². The summed E-state index contributed by atoms with van der Waals surface area (Å²) in [5, 5.41) is 6.55. The van der Waals surface area contributed by atoms with Crippen LogP contribution in [0, 0.1) is 5.82 Å². The van der Waals surface area contributed by atoms with Crippen LogP contribution in [-0.2, 0) is 6.54 Å². The van der Waals surface area contributed by atoms with Crippen LogP contribution in [0.1, 0.15) is 5.56 Å². The quantitative estimate of drug-likeness (QED) is 0.846. The minimum absolute atomic E-state index is 0.254.